The van der Waals surface area contributed by atoms with Gasteiger partial charge in [0.1, 0.15) is 11.5 Å². The van der Waals surface area contributed by atoms with Crippen molar-refractivity contribution in [1.82, 2.24) is 5.32 Å². The van der Waals surface area contributed by atoms with Crippen LogP contribution in [0.2, 0.25) is 0 Å². The summed E-state index contributed by atoms with van der Waals surface area (Å²) in [5.74, 6) is 1.85. The van der Waals surface area contributed by atoms with Crippen LogP contribution < -0.4 is 14.8 Å². The smallest absolute Gasteiger partial charge is 0.258 e. The molecule has 1 amide bonds. The maximum atomic E-state index is 12.0. The first-order chi connectivity index (χ1) is 11.5. The van der Waals surface area contributed by atoms with Crippen LogP contribution in [0.4, 0.5) is 0 Å². The summed E-state index contributed by atoms with van der Waals surface area (Å²) in [6.45, 7) is 6.73. The summed E-state index contributed by atoms with van der Waals surface area (Å²) in [7, 11) is 1.63. The molecular weight excluding hydrogens is 302 g/mol. The fraction of sp³-hybridized carbons (Fsp3) is 0.350. The molecular formula is C20H25NO3. The Morgan fingerprint density at radius 3 is 2.46 bits per heavy atom. The number of carbonyl (C=O) groups is 1. The van der Waals surface area contributed by atoms with E-state index in [9.17, 15) is 4.79 Å². The van der Waals surface area contributed by atoms with Gasteiger partial charge in [0, 0.05) is 6.54 Å². The molecule has 4 nitrogen and oxygen atoms in total. The predicted molar refractivity (Wildman–Crippen MR) is 95.6 cm³/mol. The second-order valence-corrected chi connectivity index (χ2v) is 6.09. The minimum Gasteiger partial charge on any atom is -0.497 e. The maximum Gasteiger partial charge on any atom is 0.258 e. The van der Waals surface area contributed by atoms with Gasteiger partial charge in [0.05, 0.1) is 7.11 Å². The van der Waals surface area contributed by atoms with Gasteiger partial charge in [-0.25, -0.2) is 0 Å². The number of rotatable bonds is 7. The van der Waals surface area contributed by atoms with Crippen molar-refractivity contribution in [1.29, 1.82) is 0 Å². The van der Waals surface area contributed by atoms with Crippen LogP contribution >= 0.6 is 0 Å². The Morgan fingerprint density at radius 2 is 1.83 bits per heavy atom. The van der Waals surface area contributed by atoms with Crippen molar-refractivity contribution in [3.8, 4) is 11.5 Å². The Kier molecular flexibility index (Phi) is 6.24. The number of hydrogen-bond acceptors (Lipinski definition) is 3. The van der Waals surface area contributed by atoms with E-state index in [0.29, 0.717) is 12.5 Å². The fourth-order valence-electron chi connectivity index (χ4n) is 2.27. The molecule has 0 atom stereocenters. The Morgan fingerprint density at radius 1 is 1.12 bits per heavy atom. The zero-order valence-electron chi connectivity index (χ0n) is 14.8. The summed E-state index contributed by atoms with van der Waals surface area (Å²) >= 11 is 0. The van der Waals surface area contributed by atoms with Crippen LogP contribution in [0.3, 0.4) is 0 Å². The third-order valence-corrected chi connectivity index (χ3v) is 3.89. The van der Waals surface area contributed by atoms with E-state index in [1.807, 2.05) is 43.3 Å². The van der Waals surface area contributed by atoms with Crippen molar-refractivity contribution in [2.45, 2.75) is 33.2 Å². The summed E-state index contributed by atoms with van der Waals surface area (Å²) < 4.78 is 10.8. The monoisotopic (exact) mass is 327 g/mol. The van der Waals surface area contributed by atoms with E-state index in [1.165, 1.54) is 5.56 Å². The number of carbonyl (C=O) groups excluding carboxylic acids is 1. The number of amides is 1. The zero-order valence-corrected chi connectivity index (χ0v) is 14.8. The van der Waals surface area contributed by atoms with Gasteiger partial charge in [-0.05, 0) is 47.7 Å². The van der Waals surface area contributed by atoms with Crippen LogP contribution in [-0.4, -0.2) is 19.6 Å². The summed E-state index contributed by atoms with van der Waals surface area (Å²) in [4.78, 5) is 12.0. The van der Waals surface area contributed by atoms with Gasteiger partial charge in [-0.2, -0.15) is 0 Å². The lowest BCUT2D eigenvalue weighted by atomic mass is 10.0. The molecule has 0 aliphatic rings. The van der Waals surface area contributed by atoms with Crippen LogP contribution in [-0.2, 0) is 11.3 Å². The SMILES string of the molecule is COc1ccc(CNC(=O)COc2cc(C(C)C)ccc2C)cc1. The van der Waals surface area contributed by atoms with Crippen molar-refractivity contribution in [3.05, 3.63) is 59.2 Å². The van der Waals surface area contributed by atoms with Gasteiger partial charge in [-0.3, -0.25) is 4.79 Å². The molecule has 128 valence electrons. The molecule has 2 rings (SSSR count). The molecule has 1 N–H and O–H groups in total. The van der Waals surface area contributed by atoms with Crippen LogP contribution in [0.25, 0.3) is 0 Å². The number of hydrogen-bond donors (Lipinski definition) is 1. The average molecular weight is 327 g/mol. The summed E-state index contributed by atoms with van der Waals surface area (Å²) in [5, 5.41) is 2.86. The van der Waals surface area contributed by atoms with E-state index in [4.69, 9.17) is 9.47 Å². The fourth-order valence-corrected chi connectivity index (χ4v) is 2.27. The molecule has 0 aromatic heterocycles. The molecule has 2 aromatic carbocycles. The third kappa shape index (κ3) is 5.01. The largest absolute Gasteiger partial charge is 0.497 e. The van der Waals surface area contributed by atoms with E-state index < -0.39 is 0 Å². The van der Waals surface area contributed by atoms with Crippen molar-refractivity contribution in [2.24, 2.45) is 0 Å². The van der Waals surface area contributed by atoms with E-state index in [0.717, 1.165) is 22.6 Å². The highest BCUT2D eigenvalue weighted by molar-refractivity contribution is 5.77. The first-order valence-electron chi connectivity index (χ1n) is 8.12. The first kappa shape index (κ1) is 17.9. The average Bonchev–Trinajstić information content (AvgIpc) is 2.59. The van der Waals surface area contributed by atoms with Gasteiger partial charge in [0.15, 0.2) is 6.61 Å². The number of ether oxygens (including phenoxy) is 2. The van der Waals surface area contributed by atoms with Crippen LogP contribution in [0.5, 0.6) is 11.5 Å². The molecule has 0 aliphatic heterocycles. The molecule has 0 radical (unpaired) electrons. The second-order valence-electron chi connectivity index (χ2n) is 6.09. The zero-order chi connectivity index (χ0) is 17.5. The van der Waals surface area contributed by atoms with Gasteiger partial charge < -0.3 is 14.8 Å². The quantitative estimate of drug-likeness (QED) is 0.841. The topological polar surface area (TPSA) is 47.6 Å². The lowest BCUT2D eigenvalue weighted by Gasteiger charge is -2.13. The summed E-state index contributed by atoms with van der Waals surface area (Å²) in [6, 6.07) is 13.7. The lowest BCUT2D eigenvalue weighted by molar-refractivity contribution is -0.123. The van der Waals surface area contributed by atoms with Gasteiger partial charge in [-0.1, -0.05) is 38.1 Å². The van der Waals surface area contributed by atoms with Crippen LogP contribution in [0.15, 0.2) is 42.5 Å². The van der Waals surface area contributed by atoms with E-state index in [-0.39, 0.29) is 12.5 Å². The van der Waals surface area contributed by atoms with Gasteiger partial charge in [-0.15, -0.1) is 0 Å². The summed E-state index contributed by atoms with van der Waals surface area (Å²) in [6.07, 6.45) is 0. The van der Waals surface area contributed by atoms with Crippen LogP contribution in [0, 0.1) is 6.92 Å². The normalized spacial score (nSPS) is 10.5. The molecule has 0 aliphatic carbocycles. The van der Waals surface area contributed by atoms with Gasteiger partial charge in [0.25, 0.3) is 5.91 Å². The molecule has 0 saturated carbocycles. The molecule has 0 unspecified atom stereocenters. The minimum absolute atomic E-state index is 0.0124. The molecule has 2 aromatic rings. The molecule has 0 saturated heterocycles. The Balaban J connectivity index is 1.85. The molecule has 4 heteroatoms. The van der Waals surface area contributed by atoms with Gasteiger partial charge >= 0.3 is 0 Å². The molecule has 0 bridgehead atoms. The minimum atomic E-state index is -0.139. The molecule has 0 spiro atoms. The number of nitrogens with one attached hydrogen (secondary N) is 1. The van der Waals surface area contributed by atoms with E-state index in [2.05, 4.69) is 25.2 Å². The number of aryl methyl sites for hydroxylation is 1. The lowest BCUT2D eigenvalue weighted by Crippen LogP contribution is -2.28. The van der Waals surface area contributed by atoms with Crippen LogP contribution in [0.1, 0.15) is 36.5 Å². The van der Waals surface area contributed by atoms with Crippen molar-refractivity contribution >= 4 is 5.91 Å². The van der Waals surface area contributed by atoms with E-state index >= 15 is 0 Å². The van der Waals surface area contributed by atoms with Crippen molar-refractivity contribution in [3.63, 3.8) is 0 Å². The second kappa shape index (κ2) is 8.39. The predicted octanol–water partition coefficient (Wildman–Crippen LogP) is 3.82. The highest BCUT2D eigenvalue weighted by Gasteiger charge is 2.08. The Hall–Kier alpha value is -2.49. The number of benzene rings is 2. The van der Waals surface area contributed by atoms with Gasteiger partial charge in [0.2, 0.25) is 0 Å². The van der Waals surface area contributed by atoms with Crippen molar-refractivity contribution in [2.75, 3.05) is 13.7 Å². The molecule has 0 fully saturated rings. The standard InChI is InChI=1S/C20H25NO3/c1-14(2)17-8-5-15(3)19(11-17)24-13-20(22)21-12-16-6-9-18(23-4)10-7-16/h5-11,14H,12-13H2,1-4H3,(H,21,22). The summed E-state index contributed by atoms with van der Waals surface area (Å²) in [5.41, 5.74) is 3.25. The Bertz CT molecular complexity index is 678. The highest BCUT2D eigenvalue weighted by Crippen LogP contribution is 2.24. The highest BCUT2D eigenvalue weighted by atomic mass is 16.5. The number of methoxy groups -OCH3 is 1. The van der Waals surface area contributed by atoms with E-state index in [1.54, 1.807) is 7.11 Å². The van der Waals surface area contributed by atoms with Crippen molar-refractivity contribution < 1.29 is 14.3 Å². The first-order valence-corrected chi connectivity index (χ1v) is 8.12. The third-order valence-electron chi connectivity index (χ3n) is 3.89. The Labute approximate surface area is 143 Å². The molecule has 24 heavy (non-hydrogen) atoms. The molecule has 0 heterocycles. The maximum absolute atomic E-state index is 12.0.